The number of carboxylic acids is 2. The second kappa shape index (κ2) is 7.63. The maximum Gasteiger partial charge on any atom is 0.490 e. The smallest absolute Gasteiger partial charge is 0.475 e. The van der Waals surface area contributed by atoms with Crippen LogP contribution in [-0.2, 0) is 9.59 Å². The minimum atomic E-state index is -5.08. The first kappa shape index (κ1) is 20.4. The molecule has 130 valence electrons. The molecule has 0 amide bonds. The molecule has 2 atom stereocenters. The van der Waals surface area contributed by atoms with Crippen LogP contribution in [0, 0.1) is 5.92 Å². The highest BCUT2D eigenvalue weighted by Crippen LogP contribution is 2.24. The van der Waals surface area contributed by atoms with E-state index in [-0.39, 0.29) is 0 Å². The van der Waals surface area contributed by atoms with Gasteiger partial charge in [0.05, 0.1) is 0 Å². The summed E-state index contributed by atoms with van der Waals surface area (Å²) in [5, 5.41) is 17.6. The zero-order chi connectivity index (χ0) is 17.7. The van der Waals surface area contributed by atoms with Gasteiger partial charge in [-0.15, -0.1) is 0 Å². The molecule has 0 unspecified atom stereocenters. The van der Waals surface area contributed by atoms with E-state index in [4.69, 9.17) is 19.8 Å². The average molecular weight is 340 g/mol. The minimum absolute atomic E-state index is 0.884. The maximum atomic E-state index is 10.6. The van der Waals surface area contributed by atoms with Crippen LogP contribution >= 0.6 is 0 Å². The Bertz CT molecular complexity index is 374. The van der Waals surface area contributed by atoms with E-state index in [2.05, 4.69) is 17.3 Å². The number of alkyl halides is 6. The van der Waals surface area contributed by atoms with Gasteiger partial charge in [-0.1, -0.05) is 0 Å². The van der Waals surface area contributed by atoms with Crippen LogP contribution in [0.5, 0.6) is 0 Å². The summed E-state index contributed by atoms with van der Waals surface area (Å²) < 4.78 is 63.5. The molecule has 2 heterocycles. The summed E-state index contributed by atoms with van der Waals surface area (Å²) in [5.74, 6) is -4.53. The maximum absolute atomic E-state index is 10.6. The number of halogens is 6. The summed E-state index contributed by atoms with van der Waals surface area (Å²) in [6.45, 7) is 3.80. The first-order chi connectivity index (χ1) is 9.76. The van der Waals surface area contributed by atoms with Gasteiger partial charge in [-0.2, -0.15) is 26.3 Å². The molecule has 2 aliphatic rings. The summed E-state index contributed by atoms with van der Waals surface area (Å²) in [5.41, 5.74) is 0. The lowest BCUT2D eigenvalue weighted by molar-refractivity contribution is -0.193. The van der Waals surface area contributed by atoms with Crippen molar-refractivity contribution in [1.82, 2.24) is 10.2 Å². The number of hydrogen-bond acceptors (Lipinski definition) is 4. The number of likely N-dealkylation sites (tertiary alicyclic amines) is 1. The van der Waals surface area contributed by atoms with E-state index in [1.807, 2.05) is 0 Å². The highest BCUT2D eigenvalue weighted by molar-refractivity contribution is 5.73. The van der Waals surface area contributed by atoms with Crippen molar-refractivity contribution in [3.05, 3.63) is 0 Å². The molecule has 0 spiro atoms. The zero-order valence-corrected chi connectivity index (χ0v) is 11.2. The van der Waals surface area contributed by atoms with Crippen LogP contribution in [0.1, 0.15) is 0 Å². The van der Waals surface area contributed by atoms with Crippen LogP contribution in [0.15, 0.2) is 0 Å². The van der Waals surface area contributed by atoms with Gasteiger partial charge in [0, 0.05) is 31.6 Å². The first-order valence-electron chi connectivity index (χ1n) is 5.78. The lowest BCUT2D eigenvalue weighted by atomic mass is 9.93. The Morgan fingerprint density at radius 3 is 1.55 bits per heavy atom. The number of nitrogens with zero attached hydrogens (tertiary/aromatic N) is 1. The number of likely N-dealkylation sites (N-methyl/N-ethyl adjacent to an activating group) is 1. The quantitative estimate of drug-likeness (QED) is 0.565. The molecule has 0 bridgehead atoms. The summed E-state index contributed by atoms with van der Waals surface area (Å²) in [4.78, 5) is 20.2. The van der Waals surface area contributed by atoms with Gasteiger partial charge in [0.15, 0.2) is 0 Å². The fourth-order valence-electron chi connectivity index (χ4n) is 1.79. The normalized spacial score (nSPS) is 24.0. The molecule has 0 saturated carbocycles. The Hall–Kier alpha value is -1.56. The van der Waals surface area contributed by atoms with Gasteiger partial charge in [-0.25, -0.2) is 9.59 Å². The largest absolute Gasteiger partial charge is 0.490 e. The second-order valence-corrected chi connectivity index (χ2v) is 4.53. The van der Waals surface area contributed by atoms with Gasteiger partial charge in [-0.05, 0) is 7.05 Å². The lowest BCUT2D eigenvalue weighted by Gasteiger charge is -2.40. The van der Waals surface area contributed by atoms with Crippen molar-refractivity contribution < 1.29 is 46.1 Å². The average Bonchev–Trinajstić information content (AvgIpc) is 2.69. The summed E-state index contributed by atoms with van der Waals surface area (Å²) in [6.07, 6.45) is -10.2. The van der Waals surface area contributed by atoms with Crippen molar-refractivity contribution in [3.63, 3.8) is 0 Å². The van der Waals surface area contributed by atoms with E-state index in [0.717, 1.165) is 12.0 Å². The SMILES string of the molecule is CN1C[C@H]2CNC[C@H]21.O=C(O)C(F)(F)F.O=C(O)C(F)(F)F. The number of fused-ring (bicyclic) bond motifs is 1. The van der Waals surface area contributed by atoms with Crippen LogP contribution in [-0.4, -0.2) is 72.1 Å². The van der Waals surface area contributed by atoms with E-state index < -0.39 is 24.3 Å². The Kier molecular flexibility index (Phi) is 7.09. The lowest BCUT2D eigenvalue weighted by Crippen LogP contribution is -2.52. The number of carboxylic acid groups (broad SMARTS) is 2. The summed E-state index contributed by atoms with van der Waals surface area (Å²) in [6, 6.07) is 0.884. The van der Waals surface area contributed by atoms with Crippen LogP contribution in [0.25, 0.3) is 0 Å². The molecular weight excluding hydrogens is 326 g/mol. The van der Waals surface area contributed by atoms with Crippen molar-refractivity contribution in [1.29, 1.82) is 0 Å². The van der Waals surface area contributed by atoms with Gasteiger partial charge in [0.1, 0.15) is 0 Å². The number of rotatable bonds is 0. The molecule has 2 saturated heterocycles. The van der Waals surface area contributed by atoms with Crippen molar-refractivity contribution in [2.24, 2.45) is 5.92 Å². The Balaban J connectivity index is 0.000000303. The third-order valence-electron chi connectivity index (χ3n) is 2.88. The standard InChI is InChI=1S/C6H12N2.2C2HF3O2/c1-8-4-5-2-7-3-6(5)8;2*3-2(4,5)1(6)7/h5-7H,2-4H2,1H3;2*(H,6,7)/t5-,6-;;/m1../s1. The van der Waals surface area contributed by atoms with E-state index in [1.54, 1.807) is 0 Å². The van der Waals surface area contributed by atoms with E-state index in [9.17, 15) is 26.3 Å². The molecule has 2 aliphatic heterocycles. The Morgan fingerprint density at radius 1 is 1.00 bits per heavy atom. The third-order valence-corrected chi connectivity index (χ3v) is 2.88. The van der Waals surface area contributed by atoms with Gasteiger partial charge in [-0.3, -0.25) is 0 Å². The number of hydrogen-bond donors (Lipinski definition) is 3. The molecule has 0 radical (unpaired) electrons. The van der Waals surface area contributed by atoms with Crippen LogP contribution < -0.4 is 5.32 Å². The van der Waals surface area contributed by atoms with Crippen molar-refractivity contribution in [2.45, 2.75) is 18.4 Å². The predicted molar refractivity (Wildman–Crippen MR) is 60.2 cm³/mol. The van der Waals surface area contributed by atoms with Gasteiger partial charge >= 0.3 is 24.3 Å². The van der Waals surface area contributed by atoms with E-state index in [0.29, 0.717) is 0 Å². The first-order valence-corrected chi connectivity index (χ1v) is 5.78. The molecule has 0 aliphatic carbocycles. The van der Waals surface area contributed by atoms with Crippen molar-refractivity contribution >= 4 is 11.9 Å². The molecule has 6 nitrogen and oxygen atoms in total. The zero-order valence-electron chi connectivity index (χ0n) is 11.2. The van der Waals surface area contributed by atoms with Crippen LogP contribution in [0.2, 0.25) is 0 Å². The highest BCUT2D eigenvalue weighted by Gasteiger charge is 2.39. The monoisotopic (exact) mass is 340 g/mol. The summed E-state index contributed by atoms with van der Waals surface area (Å²) >= 11 is 0. The van der Waals surface area contributed by atoms with E-state index in [1.165, 1.54) is 19.6 Å². The predicted octanol–water partition coefficient (Wildman–Crippen LogP) is 0.786. The van der Waals surface area contributed by atoms with Gasteiger partial charge < -0.3 is 20.4 Å². The molecule has 0 aromatic heterocycles. The molecule has 3 N–H and O–H groups in total. The van der Waals surface area contributed by atoms with Gasteiger partial charge in [0.25, 0.3) is 0 Å². The van der Waals surface area contributed by atoms with E-state index >= 15 is 0 Å². The van der Waals surface area contributed by atoms with Crippen molar-refractivity contribution in [3.8, 4) is 0 Å². The molecule has 12 heteroatoms. The van der Waals surface area contributed by atoms with Crippen molar-refractivity contribution in [2.75, 3.05) is 26.7 Å². The fourth-order valence-corrected chi connectivity index (χ4v) is 1.79. The number of carbonyl (C=O) groups is 2. The van der Waals surface area contributed by atoms with Crippen LogP contribution in [0.3, 0.4) is 0 Å². The number of nitrogens with one attached hydrogen (secondary N) is 1. The molecule has 22 heavy (non-hydrogen) atoms. The van der Waals surface area contributed by atoms with Crippen LogP contribution in [0.4, 0.5) is 26.3 Å². The number of aliphatic carboxylic acids is 2. The minimum Gasteiger partial charge on any atom is -0.475 e. The Labute approximate surface area is 120 Å². The van der Waals surface area contributed by atoms with Gasteiger partial charge in [0.2, 0.25) is 0 Å². The highest BCUT2D eigenvalue weighted by atomic mass is 19.4. The third kappa shape index (κ3) is 6.93. The molecule has 2 fully saturated rings. The Morgan fingerprint density at radius 2 is 1.36 bits per heavy atom. The molecule has 0 aromatic rings. The molecule has 2 rings (SSSR count). The second-order valence-electron chi connectivity index (χ2n) is 4.53. The topological polar surface area (TPSA) is 89.9 Å². The molecular formula is C10H14F6N2O4. The summed E-state index contributed by atoms with van der Waals surface area (Å²) in [7, 11) is 2.20. The molecule has 0 aromatic carbocycles. The fraction of sp³-hybridized carbons (Fsp3) is 0.800.